The molecule has 16 heavy (non-hydrogen) atoms. The largest absolute Gasteiger partial charge is 0.126 e. The van der Waals surface area contributed by atoms with Gasteiger partial charge < -0.3 is 0 Å². The highest BCUT2D eigenvalue weighted by molar-refractivity contribution is 9.10. The molecule has 0 bridgehead atoms. The van der Waals surface area contributed by atoms with E-state index in [0.29, 0.717) is 11.8 Å². The zero-order valence-corrected chi connectivity index (χ0v) is 12.4. The van der Waals surface area contributed by atoms with E-state index in [1.165, 1.54) is 22.9 Å². The van der Waals surface area contributed by atoms with Crippen LogP contribution in [0.5, 0.6) is 0 Å². The highest BCUT2D eigenvalue weighted by Crippen LogP contribution is 2.26. The van der Waals surface area contributed by atoms with E-state index in [1.54, 1.807) is 0 Å². The fourth-order valence-corrected chi connectivity index (χ4v) is 2.91. The summed E-state index contributed by atoms with van der Waals surface area (Å²) in [5.41, 5.74) is 1.37. The minimum Gasteiger partial charge on any atom is -0.126 e. The molecule has 2 unspecified atom stereocenters. The van der Waals surface area contributed by atoms with Crippen molar-refractivity contribution in [1.82, 2.24) is 0 Å². The summed E-state index contributed by atoms with van der Waals surface area (Å²) in [5.74, 6) is 2.04. The van der Waals surface area contributed by atoms with E-state index < -0.39 is 0 Å². The van der Waals surface area contributed by atoms with Crippen molar-refractivity contribution in [3.05, 3.63) is 34.3 Å². The van der Waals surface area contributed by atoms with E-state index >= 15 is 0 Å². The van der Waals surface area contributed by atoms with E-state index in [2.05, 4.69) is 54.0 Å². The van der Waals surface area contributed by atoms with E-state index in [4.69, 9.17) is 11.6 Å². The first-order valence-electron chi connectivity index (χ1n) is 5.98. The van der Waals surface area contributed by atoms with Crippen molar-refractivity contribution in [2.75, 3.05) is 5.88 Å². The lowest BCUT2D eigenvalue weighted by Gasteiger charge is -2.22. The topological polar surface area (TPSA) is 0 Å². The molecule has 1 aromatic carbocycles. The summed E-state index contributed by atoms with van der Waals surface area (Å²) in [7, 11) is 0. The number of hydrogen-bond acceptors (Lipinski definition) is 0. The predicted octanol–water partition coefficient (Wildman–Crippen LogP) is 5.28. The Labute approximate surface area is 113 Å². The summed E-state index contributed by atoms with van der Waals surface area (Å²) in [5, 5.41) is 0. The number of rotatable bonds is 6. The van der Waals surface area contributed by atoms with Gasteiger partial charge in [-0.2, -0.15) is 0 Å². The van der Waals surface area contributed by atoms with Gasteiger partial charge >= 0.3 is 0 Å². The average molecular weight is 304 g/mol. The summed E-state index contributed by atoms with van der Waals surface area (Å²) in [6.07, 6.45) is 3.58. The molecule has 90 valence electrons. The lowest BCUT2D eigenvalue weighted by molar-refractivity contribution is 0.363. The molecule has 0 radical (unpaired) electrons. The zero-order valence-electron chi connectivity index (χ0n) is 10.0. The van der Waals surface area contributed by atoms with Gasteiger partial charge in [-0.25, -0.2) is 0 Å². The normalized spacial score (nSPS) is 14.8. The van der Waals surface area contributed by atoms with Crippen LogP contribution in [0, 0.1) is 11.8 Å². The van der Waals surface area contributed by atoms with Crippen molar-refractivity contribution in [3.63, 3.8) is 0 Å². The number of alkyl halides is 1. The first-order chi connectivity index (χ1) is 7.69. The molecule has 0 saturated heterocycles. The standard InChI is InChI=1S/C14H20BrCl/c1-3-6-11(2)13(10-16)9-12-7-4-5-8-14(12)15/h4-5,7-8,11,13H,3,6,9-10H2,1-2H3. The van der Waals surface area contributed by atoms with E-state index in [-0.39, 0.29) is 0 Å². The highest BCUT2D eigenvalue weighted by Gasteiger charge is 2.17. The Bertz CT molecular complexity index is 311. The first kappa shape index (κ1) is 14.1. The van der Waals surface area contributed by atoms with E-state index in [9.17, 15) is 0 Å². The van der Waals surface area contributed by atoms with Gasteiger partial charge in [-0.3, -0.25) is 0 Å². The van der Waals surface area contributed by atoms with E-state index in [1.807, 2.05) is 0 Å². The lowest BCUT2D eigenvalue weighted by Crippen LogP contribution is -2.16. The second-order valence-corrected chi connectivity index (χ2v) is 5.64. The first-order valence-corrected chi connectivity index (χ1v) is 7.31. The molecule has 0 N–H and O–H groups in total. The van der Waals surface area contributed by atoms with Gasteiger partial charge in [0.1, 0.15) is 0 Å². The van der Waals surface area contributed by atoms with Crippen LogP contribution in [0.15, 0.2) is 28.7 Å². The predicted molar refractivity (Wildman–Crippen MR) is 76.1 cm³/mol. The fourth-order valence-electron chi connectivity index (χ4n) is 2.05. The van der Waals surface area contributed by atoms with Crippen LogP contribution in [0.25, 0.3) is 0 Å². The Balaban J connectivity index is 2.66. The number of halogens is 2. The van der Waals surface area contributed by atoms with Crippen molar-refractivity contribution in [3.8, 4) is 0 Å². The maximum atomic E-state index is 6.09. The van der Waals surface area contributed by atoms with Gasteiger partial charge in [-0.1, -0.05) is 60.8 Å². The highest BCUT2D eigenvalue weighted by atomic mass is 79.9. The van der Waals surface area contributed by atoms with Crippen molar-refractivity contribution < 1.29 is 0 Å². The molecule has 0 fully saturated rings. The van der Waals surface area contributed by atoms with Crippen LogP contribution < -0.4 is 0 Å². The Morgan fingerprint density at radius 1 is 1.31 bits per heavy atom. The third-order valence-corrected chi connectivity index (χ3v) is 4.36. The Morgan fingerprint density at radius 2 is 2.00 bits per heavy atom. The minimum absolute atomic E-state index is 0.584. The monoisotopic (exact) mass is 302 g/mol. The second kappa shape index (κ2) is 7.34. The van der Waals surface area contributed by atoms with Gasteiger partial charge in [0.15, 0.2) is 0 Å². The zero-order chi connectivity index (χ0) is 12.0. The fraction of sp³-hybridized carbons (Fsp3) is 0.571. The van der Waals surface area contributed by atoms with Crippen LogP contribution in [0.3, 0.4) is 0 Å². The summed E-state index contributed by atoms with van der Waals surface area (Å²) in [4.78, 5) is 0. The summed E-state index contributed by atoms with van der Waals surface area (Å²) in [6.45, 7) is 4.55. The maximum absolute atomic E-state index is 6.09. The molecule has 0 aliphatic heterocycles. The van der Waals surface area contributed by atoms with Gasteiger partial charge in [-0.05, 0) is 29.9 Å². The van der Waals surface area contributed by atoms with Crippen LogP contribution in [0.2, 0.25) is 0 Å². The Kier molecular flexibility index (Phi) is 6.45. The van der Waals surface area contributed by atoms with Crippen molar-refractivity contribution >= 4 is 27.5 Å². The third kappa shape index (κ3) is 4.10. The molecule has 2 heteroatoms. The quantitative estimate of drug-likeness (QED) is 0.627. The molecule has 0 aliphatic carbocycles. The Hall–Kier alpha value is -0.0100. The molecule has 2 atom stereocenters. The van der Waals surface area contributed by atoms with Crippen molar-refractivity contribution in [2.24, 2.45) is 11.8 Å². The SMILES string of the molecule is CCCC(C)C(CCl)Cc1ccccc1Br. The second-order valence-electron chi connectivity index (χ2n) is 4.48. The minimum atomic E-state index is 0.584. The molecule has 1 rings (SSSR count). The van der Waals surface area contributed by atoms with Crippen molar-refractivity contribution in [1.29, 1.82) is 0 Å². The summed E-state index contributed by atoms with van der Waals surface area (Å²) in [6, 6.07) is 8.43. The smallest absolute Gasteiger partial charge is 0.0257 e. The lowest BCUT2D eigenvalue weighted by atomic mass is 9.87. The molecule has 0 aliphatic rings. The third-order valence-electron chi connectivity index (χ3n) is 3.19. The van der Waals surface area contributed by atoms with Crippen LogP contribution in [0.1, 0.15) is 32.3 Å². The van der Waals surface area contributed by atoms with Gasteiger partial charge in [0.05, 0.1) is 0 Å². The van der Waals surface area contributed by atoms with Gasteiger partial charge in [0.25, 0.3) is 0 Å². The van der Waals surface area contributed by atoms with Crippen LogP contribution >= 0.6 is 27.5 Å². The Morgan fingerprint density at radius 3 is 2.56 bits per heavy atom. The molecular formula is C14H20BrCl. The molecule has 0 saturated carbocycles. The maximum Gasteiger partial charge on any atom is 0.0257 e. The molecule has 0 amide bonds. The molecule has 0 spiro atoms. The summed E-state index contributed by atoms with van der Waals surface area (Å²) < 4.78 is 1.20. The van der Waals surface area contributed by atoms with Crippen molar-refractivity contribution in [2.45, 2.75) is 33.1 Å². The molecule has 0 aromatic heterocycles. The van der Waals surface area contributed by atoms with Gasteiger partial charge in [-0.15, -0.1) is 11.6 Å². The average Bonchev–Trinajstić information content (AvgIpc) is 2.28. The number of benzene rings is 1. The number of hydrogen-bond donors (Lipinski definition) is 0. The van der Waals surface area contributed by atoms with Crippen LogP contribution in [-0.2, 0) is 6.42 Å². The molecule has 1 aromatic rings. The van der Waals surface area contributed by atoms with Gasteiger partial charge in [0.2, 0.25) is 0 Å². The molecular weight excluding hydrogens is 284 g/mol. The van der Waals surface area contributed by atoms with Gasteiger partial charge in [0, 0.05) is 10.4 Å². The molecule has 0 nitrogen and oxygen atoms in total. The van der Waals surface area contributed by atoms with Crippen LogP contribution in [-0.4, -0.2) is 5.88 Å². The van der Waals surface area contributed by atoms with E-state index in [0.717, 1.165) is 12.3 Å². The molecule has 0 heterocycles. The summed E-state index contributed by atoms with van der Waals surface area (Å²) >= 11 is 9.68. The van der Waals surface area contributed by atoms with Crippen LogP contribution in [0.4, 0.5) is 0 Å².